The summed E-state index contributed by atoms with van der Waals surface area (Å²) in [5, 5.41) is 6.13. The van der Waals surface area contributed by atoms with Crippen LogP contribution in [0.5, 0.6) is 0 Å². The summed E-state index contributed by atoms with van der Waals surface area (Å²) in [6, 6.07) is -1.13. The van der Waals surface area contributed by atoms with Gasteiger partial charge < -0.3 is 39.4 Å². The zero-order valence-corrected chi connectivity index (χ0v) is 74.3. The minimum absolute atomic E-state index is 0.106. The number of piperazine rings is 1. The molecule has 1 heterocycles. The number of rotatable bonds is 86. The lowest BCUT2D eigenvalue weighted by Crippen LogP contribution is -2.61. The number of ether oxygens (including phenoxy) is 4. The van der Waals surface area contributed by atoms with Crippen LogP contribution in [0.1, 0.15) is 426 Å². The highest BCUT2D eigenvalue weighted by atomic mass is 16.5. The van der Waals surface area contributed by atoms with Crippen LogP contribution in [0.4, 0.5) is 0 Å². The van der Waals surface area contributed by atoms with Crippen LogP contribution < -0.4 is 10.6 Å². The van der Waals surface area contributed by atoms with Gasteiger partial charge in [-0.15, -0.1) is 0 Å². The van der Waals surface area contributed by atoms with Crippen molar-refractivity contribution in [3.05, 3.63) is 97.2 Å². The molecule has 0 aromatic carbocycles. The first-order valence-corrected chi connectivity index (χ1v) is 48.0. The van der Waals surface area contributed by atoms with Crippen molar-refractivity contribution in [2.75, 3.05) is 65.7 Å². The van der Waals surface area contributed by atoms with Crippen molar-refractivity contribution < 1.29 is 47.7 Å². The highest BCUT2D eigenvalue weighted by Gasteiger charge is 2.33. The van der Waals surface area contributed by atoms with Crippen LogP contribution in [0, 0.1) is 0 Å². The smallest absolute Gasteiger partial charge is 0.305 e. The number of hydrogen-bond acceptors (Lipinski definition) is 12. The third-order valence-corrected chi connectivity index (χ3v) is 21.6. The largest absolute Gasteiger partial charge is 0.466 e. The van der Waals surface area contributed by atoms with Gasteiger partial charge in [-0.05, 0) is 283 Å². The quantitative estimate of drug-likeness (QED) is 0.0256. The van der Waals surface area contributed by atoms with E-state index in [9.17, 15) is 28.8 Å². The first-order valence-electron chi connectivity index (χ1n) is 48.0. The van der Waals surface area contributed by atoms with Crippen molar-refractivity contribution in [3.63, 3.8) is 0 Å². The molecule has 0 bridgehead atoms. The standard InChI is InChI=1S/C100H176N4O10/c1-5-9-13-17-21-25-29-33-37-41-45-49-53-57-61-79-95(105)111-89-73-69-85-103(86-70-74-90-112-96(106)80-62-58-54-50-46-42-38-34-30-26-22-18-14-10-6-2)83-67-65-77-93-99(109)102-94(100(110)101-93)78-66-68-84-104(87-71-75-91-113-97(107)81-63-59-55-51-47-43-39-35-31-27-23-19-15-11-7-3)88-72-76-92-114-98(108)82-64-60-56-52-48-44-40-36-32-28-24-20-16-12-8-4/h21-28,33-40,93-94H,5-20,29-32,41-92H2,1-4H3,(H,101,110)(H,102,109)/t93-,94-/m0/s1. The monoisotopic (exact) mass is 1590 g/mol. The van der Waals surface area contributed by atoms with Crippen molar-refractivity contribution >= 4 is 35.7 Å². The molecular weight excluding hydrogens is 1420 g/mol. The number of amides is 2. The van der Waals surface area contributed by atoms with Crippen molar-refractivity contribution in [3.8, 4) is 0 Å². The second-order valence-corrected chi connectivity index (χ2v) is 32.4. The van der Waals surface area contributed by atoms with Crippen molar-refractivity contribution in [1.29, 1.82) is 0 Å². The molecule has 1 rings (SSSR count). The van der Waals surface area contributed by atoms with Crippen LogP contribution in [-0.2, 0) is 47.7 Å². The van der Waals surface area contributed by atoms with E-state index in [1.165, 1.54) is 154 Å². The van der Waals surface area contributed by atoms with E-state index in [0.29, 0.717) is 65.0 Å². The van der Waals surface area contributed by atoms with Gasteiger partial charge in [0.2, 0.25) is 11.8 Å². The van der Waals surface area contributed by atoms with E-state index in [0.717, 1.165) is 245 Å². The molecule has 14 nitrogen and oxygen atoms in total. The maximum atomic E-state index is 13.6. The van der Waals surface area contributed by atoms with E-state index in [1.807, 2.05) is 0 Å². The molecule has 2 amide bonds. The first kappa shape index (κ1) is 107. The molecule has 1 fully saturated rings. The first-order chi connectivity index (χ1) is 56.1. The normalized spacial score (nSPS) is 14.2. The number of hydrogen-bond donors (Lipinski definition) is 2. The third-order valence-electron chi connectivity index (χ3n) is 21.6. The number of allylic oxidation sites excluding steroid dienone is 16. The van der Waals surface area contributed by atoms with E-state index < -0.39 is 12.1 Å². The zero-order chi connectivity index (χ0) is 82.2. The molecule has 0 saturated carbocycles. The van der Waals surface area contributed by atoms with Gasteiger partial charge in [0.25, 0.3) is 0 Å². The van der Waals surface area contributed by atoms with Crippen LogP contribution in [-0.4, -0.2) is 123 Å². The number of carbonyl (C=O) groups is 6. The fourth-order valence-corrected chi connectivity index (χ4v) is 14.2. The highest BCUT2D eigenvalue weighted by Crippen LogP contribution is 2.18. The van der Waals surface area contributed by atoms with Crippen LogP contribution >= 0.6 is 0 Å². The lowest BCUT2D eigenvalue weighted by molar-refractivity contribution is -0.144. The lowest BCUT2D eigenvalue weighted by Gasteiger charge is -2.30. The second kappa shape index (κ2) is 87.0. The lowest BCUT2D eigenvalue weighted by atomic mass is 10.0. The number of esters is 4. The Kier molecular flexibility index (Phi) is 81.4. The Hall–Kier alpha value is -5.34. The number of nitrogens with zero attached hydrogens (tertiary/aromatic N) is 2. The van der Waals surface area contributed by atoms with E-state index >= 15 is 0 Å². The zero-order valence-electron chi connectivity index (χ0n) is 74.3. The molecule has 656 valence electrons. The van der Waals surface area contributed by atoms with Crippen LogP contribution in [0.15, 0.2) is 97.2 Å². The fourth-order valence-electron chi connectivity index (χ4n) is 14.2. The SMILES string of the molecule is CCCCCC=CCC=CCCCCCCCC(=O)OCCCCN(CCCCOC(=O)CCCCCCCC=CCC=CCCCCC)CCCC[C@@H]1NC(=O)[C@H](CCCCN(CCCCOC(=O)CCCCCCCC=CCC=CCCCCC)CCCCOC(=O)CCCCCCCC=CCC=CCCCCC)NC1=O. The maximum Gasteiger partial charge on any atom is 0.305 e. The molecule has 0 aromatic rings. The molecular formula is C100H176N4O10. The summed E-state index contributed by atoms with van der Waals surface area (Å²) >= 11 is 0. The second-order valence-electron chi connectivity index (χ2n) is 32.4. The summed E-state index contributed by atoms with van der Waals surface area (Å²) < 4.78 is 22.7. The molecule has 0 aromatic heterocycles. The maximum absolute atomic E-state index is 13.6. The Labute approximate surface area is 700 Å². The Balaban J connectivity index is 2.66. The van der Waals surface area contributed by atoms with E-state index in [4.69, 9.17) is 18.9 Å². The Morgan fingerprint density at radius 3 is 0.658 bits per heavy atom. The van der Waals surface area contributed by atoms with Gasteiger partial charge in [0, 0.05) is 25.7 Å². The van der Waals surface area contributed by atoms with Crippen molar-refractivity contribution in [2.45, 2.75) is 438 Å². The number of carbonyl (C=O) groups excluding carboxylic acids is 6. The van der Waals surface area contributed by atoms with Gasteiger partial charge in [-0.3, -0.25) is 28.8 Å². The summed E-state index contributed by atoms with van der Waals surface area (Å²) in [4.78, 5) is 82.6. The minimum Gasteiger partial charge on any atom is -0.466 e. The van der Waals surface area contributed by atoms with Gasteiger partial charge in [-0.25, -0.2) is 0 Å². The van der Waals surface area contributed by atoms with Crippen molar-refractivity contribution in [1.82, 2.24) is 20.4 Å². The molecule has 0 aliphatic carbocycles. The summed E-state index contributed by atoms with van der Waals surface area (Å²) in [5.41, 5.74) is 0. The van der Waals surface area contributed by atoms with Gasteiger partial charge in [-0.1, -0.05) is 253 Å². The molecule has 1 saturated heterocycles. The minimum atomic E-state index is -0.564. The topological polar surface area (TPSA) is 170 Å². The average molecular weight is 1590 g/mol. The molecule has 2 N–H and O–H groups in total. The molecule has 1 aliphatic rings. The predicted molar refractivity (Wildman–Crippen MR) is 483 cm³/mol. The van der Waals surface area contributed by atoms with Crippen LogP contribution in [0.3, 0.4) is 0 Å². The van der Waals surface area contributed by atoms with Gasteiger partial charge in [-0.2, -0.15) is 0 Å². The summed E-state index contributed by atoms with van der Waals surface area (Å²) in [5.74, 6) is -0.661. The molecule has 114 heavy (non-hydrogen) atoms. The Bertz CT molecular complexity index is 2160. The molecule has 0 spiro atoms. The summed E-state index contributed by atoms with van der Waals surface area (Å²) in [7, 11) is 0. The number of nitrogens with one attached hydrogen (secondary N) is 2. The highest BCUT2D eigenvalue weighted by molar-refractivity contribution is 5.96. The van der Waals surface area contributed by atoms with Gasteiger partial charge in [0.15, 0.2) is 0 Å². The molecule has 1 aliphatic heterocycles. The fraction of sp³-hybridized carbons (Fsp3) is 0.780. The van der Waals surface area contributed by atoms with E-state index in [2.05, 4.69) is 145 Å². The van der Waals surface area contributed by atoms with Gasteiger partial charge >= 0.3 is 23.9 Å². The molecule has 2 atom stereocenters. The third kappa shape index (κ3) is 76.6. The molecule has 14 heteroatoms. The Morgan fingerprint density at radius 2 is 0.439 bits per heavy atom. The number of unbranched alkanes of at least 4 members (excludes halogenated alkanes) is 38. The summed E-state index contributed by atoms with van der Waals surface area (Å²) in [6.07, 6.45) is 100. The van der Waals surface area contributed by atoms with Gasteiger partial charge in [0.05, 0.1) is 26.4 Å². The van der Waals surface area contributed by atoms with Crippen LogP contribution in [0.2, 0.25) is 0 Å². The summed E-state index contributed by atoms with van der Waals surface area (Å²) in [6.45, 7) is 15.8. The van der Waals surface area contributed by atoms with Gasteiger partial charge in [0.1, 0.15) is 12.1 Å². The Morgan fingerprint density at radius 1 is 0.246 bits per heavy atom. The molecule has 0 unspecified atom stereocenters. The average Bonchev–Trinajstić information content (AvgIpc) is 0.846. The van der Waals surface area contributed by atoms with Crippen molar-refractivity contribution in [2.24, 2.45) is 0 Å². The predicted octanol–water partition coefficient (Wildman–Crippen LogP) is 26.5. The van der Waals surface area contributed by atoms with E-state index in [-0.39, 0.29) is 35.7 Å². The van der Waals surface area contributed by atoms with Crippen LogP contribution in [0.25, 0.3) is 0 Å². The molecule has 0 radical (unpaired) electrons. The van der Waals surface area contributed by atoms with E-state index in [1.54, 1.807) is 0 Å².